The van der Waals surface area contributed by atoms with Crippen molar-refractivity contribution in [1.29, 1.82) is 0 Å². The van der Waals surface area contributed by atoms with Crippen LogP contribution in [-0.2, 0) is 0 Å². The van der Waals surface area contributed by atoms with Crippen molar-refractivity contribution in [2.75, 3.05) is 0 Å². The van der Waals surface area contributed by atoms with E-state index in [1.165, 1.54) is 18.2 Å². The van der Waals surface area contributed by atoms with Crippen molar-refractivity contribution in [3.63, 3.8) is 0 Å². The molecular weight excluding hydrogens is 195 g/mol. The van der Waals surface area contributed by atoms with Crippen molar-refractivity contribution in [2.24, 2.45) is 0 Å². The van der Waals surface area contributed by atoms with Gasteiger partial charge in [-0.1, -0.05) is 12.7 Å². The molecule has 2 nitrogen and oxygen atoms in total. The molecule has 0 saturated carbocycles. The normalized spacial score (nSPS) is 14.4. The van der Waals surface area contributed by atoms with Gasteiger partial charge in [-0.25, -0.2) is 4.39 Å². The molecule has 0 heterocycles. The van der Waals surface area contributed by atoms with Gasteiger partial charge in [0.15, 0.2) is 0 Å². The van der Waals surface area contributed by atoms with Crippen LogP contribution in [-0.4, -0.2) is 11.2 Å². The Kier molecular flexibility index (Phi) is 3.86. The fourth-order valence-corrected chi connectivity index (χ4v) is 1.20. The van der Waals surface area contributed by atoms with Crippen molar-refractivity contribution in [3.05, 3.63) is 42.2 Å². The Morgan fingerprint density at radius 1 is 1.47 bits per heavy atom. The van der Waals surface area contributed by atoms with Gasteiger partial charge in [-0.3, -0.25) is 0 Å². The minimum atomic E-state index is -0.683. The molecular formula is C12H15FO2. The highest BCUT2D eigenvalue weighted by molar-refractivity contribution is 5.35. The molecule has 1 aromatic rings. The molecule has 0 bridgehead atoms. The van der Waals surface area contributed by atoms with Gasteiger partial charge in [0.1, 0.15) is 17.7 Å². The second-order valence-corrected chi connectivity index (χ2v) is 3.42. The van der Waals surface area contributed by atoms with Crippen molar-refractivity contribution in [2.45, 2.75) is 26.1 Å². The van der Waals surface area contributed by atoms with Crippen LogP contribution in [0.25, 0.3) is 0 Å². The molecule has 0 aliphatic carbocycles. The van der Waals surface area contributed by atoms with Crippen molar-refractivity contribution >= 4 is 0 Å². The van der Waals surface area contributed by atoms with Crippen molar-refractivity contribution in [3.8, 4) is 5.75 Å². The fraction of sp³-hybridized carbons (Fsp3) is 0.333. The number of hydrogen-bond donors (Lipinski definition) is 1. The summed E-state index contributed by atoms with van der Waals surface area (Å²) in [7, 11) is 0. The number of aliphatic hydroxyl groups is 1. The van der Waals surface area contributed by atoms with Crippen LogP contribution in [0.3, 0.4) is 0 Å². The van der Waals surface area contributed by atoms with Gasteiger partial charge >= 0.3 is 0 Å². The zero-order chi connectivity index (χ0) is 11.4. The highest BCUT2D eigenvalue weighted by Gasteiger charge is 2.11. The summed E-state index contributed by atoms with van der Waals surface area (Å²) >= 11 is 0. The number of hydrogen-bond acceptors (Lipinski definition) is 2. The van der Waals surface area contributed by atoms with E-state index in [2.05, 4.69) is 6.58 Å². The summed E-state index contributed by atoms with van der Waals surface area (Å²) in [4.78, 5) is 0. The van der Waals surface area contributed by atoms with E-state index in [1.54, 1.807) is 19.9 Å². The van der Waals surface area contributed by atoms with Gasteiger partial charge in [0.2, 0.25) is 0 Å². The molecule has 0 spiro atoms. The third kappa shape index (κ3) is 3.06. The summed E-state index contributed by atoms with van der Waals surface area (Å²) in [6.07, 6.45) is 0.707. The maximum absolute atomic E-state index is 13.0. The second-order valence-electron chi connectivity index (χ2n) is 3.42. The maximum atomic E-state index is 13.0. The smallest absolute Gasteiger partial charge is 0.128 e. The molecule has 15 heavy (non-hydrogen) atoms. The second kappa shape index (κ2) is 4.94. The molecule has 0 aliphatic rings. The Labute approximate surface area is 89.0 Å². The lowest BCUT2D eigenvalue weighted by molar-refractivity contribution is 0.186. The molecule has 0 radical (unpaired) electrons. The van der Waals surface area contributed by atoms with Gasteiger partial charge < -0.3 is 9.84 Å². The van der Waals surface area contributed by atoms with Crippen molar-refractivity contribution < 1.29 is 14.2 Å². The first-order chi connectivity index (χ1) is 7.04. The Hall–Kier alpha value is -1.35. The number of benzene rings is 1. The molecule has 0 aliphatic heterocycles. The lowest BCUT2D eigenvalue weighted by atomic mass is 10.1. The predicted molar refractivity (Wildman–Crippen MR) is 57.3 cm³/mol. The first-order valence-electron chi connectivity index (χ1n) is 4.81. The average molecular weight is 210 g/mol. The molecule has 0 fully saturated rings. The number of ether oxygens (including phenoxy) is 1. The van der Waals surface area contributed by atoms with E-state index in [-0.39, 0.29) is 11.9 Å². The van der Waals surface area contributed by atoms with Crippen LogP contribution >= 0.6 is 0 Å². The zero-order valence-electron chi connectivity index (χ0n) is 8.90. The highest BCUT2D eigenvalue weighted by atomic mass is 19.1. The summed E-state index contributed by atoms with van der Waals surface area (Å²) in [5.41, 5.74) is 0.574. The van der Waals surface area contributed by atoms with E-state index in [1.807, 2.05) is 0 Å². The van der Waals surface area contributed by atoms with Crippen LogP contribution in [0.15, 0.2) is 30.9 Å². The summed E-state index contributed by atoms with van der Waals surface area (Å²) < 4.78 is 18.4. The van der Waals surface area contributed by atoms with Gasteiger partial charge in [0, 0.05) is 11.6 Å². The SMILES string of the molecule is C=CC(C)Oc1cc(F)ccc1C(C)O. The number of rotatable bonds is 4. The minimum Gasteiger partial charge on any atom is -0.486 e. The van der Waals surface area contributed by atoms with E-state index in [9.17, 15) is 9.50 Å². The van der Waals surface area contributed by atoms with Crippen LogP contribution in [0.2, 0.25) is 0 Å². The quantitative estimate of drug-likeness (QED) is 0.774. The molecule has 82 valence electrons. The lowest BCUT2D eigenvalue weighted by Gasteiger charge is -2.16. The summed E-state index contributed by atoms with van der Waals surface area (Å²) in [5.74, 6) is -0.0249. The fourth-order valence-electron chi connectivity index (χ4n) is 1.20. The largest absolute Gasteiger partial charge is 0.486 e. The third-order valence-corrected chi connectivity index (χ3v) is 2.07. The molecule has 1 N–H and O–H groups in total. The molecule has 2 atom stereocenters. The molecule has 0 saturated heterocycles. The maximum Gasteiger partial charge on any atom is 0.128 e. The highest BCUT2D eigenvalue weighted by Crippen LogP contribution is 2.26. The van der Waals surface area contributed by atoms with Crippen LogP contribution in [0.4, 0.5) is 4.39 Å². The van der Waals surface area contributed by atoms with E-state index in [0.29, 0.717) is 11.3 Å². The summed E-state index contributed by atoms with van der Waals surface area (Å²) in [6.45, 7) is 6.98. The third-order valence-electron chi connectivity index (χ3n) is 2.07. The number of aliphatic hydroxyl groups excluding tert-OH is 1. The van der Waals surface area contributed by atoms with Gasteiger partial charge in [0.25, 0.3) is 0 Å². The Morgan fingerprint density at radius 2 is 2.13 bits per heavy atom. The van der Waals surface area contributed by atoms with E-state index in [4.69, 9.17) is 4.74 Å². The van der Waals surface area contributed by atoms with Crippen LogP contribution in [0.1, 0.15) is 25.5 Å². The summed E-state index contributed by atoms with van der Waals surface area (Å²) in [5, 5.41) is 9.45. The average Bonchev–Trinajstić information content (AvgIpc) is 2.17. The molecule has 3 heteroatoms. The van der Waals surface area contributed by atoms with E-state index in [0.717, 1.165) is 0 Å². The molecule has 0 amide bonds. The topological polar surface area (TPSA) is 29.5 Å². The van der Waals surface area contributed by atoms with Gasteiger partial charge in [0.05, 0.1) is 6.10 Å². The Morgan fingerprint density at radius 3 is 2.67 bits per heavy atom. The monoisotopic (exact) mass is 210 g/mol. The summed E-state index contributed by atoms with van der Waals surface area (Å²) in [6, 6.07) is 4.08. The first kappa shape index (κ1) is 11.7. The van der Waals surface area contributed by atoms with Gasteiger partial charge in [-0.2, -0.15) is 0 Å². The van der Waals surface area contributed by atoms with Crippen LogP contribution in [0.5, 0.6) is 5.75 Å². The molecule has 2 unspecified atom stereocenters. The van der Waals surface area contributed by atoms with E-state index >= 15 is 0 Å². The first-order valence-corrected chi connectivity index (χ1v) is 4.81. The van der Waals surface area contributed by atoms with Crippen LogP contribution in [0, 0.1) is 5.82 Å². The van der Waals surface area contributed by atoms with Gasteiger partial charge in [-0.05, 0) is 26.0 Å². The molecule has 1 rings (SSSR count). The van der Waals surface area contributed by atoms with Crippen molar-refractivity contribution in [1.82, 2.24) is 0 Å². The predicted octanol–water partition coefficient (Wildman–Crippen LogP) is 2.83. The Balaban J connectivity index is 3.01. The minimum absolute atomic E-state index is 0.218. The van der Waals surface area contributed by atoms with Crippen LogP contribution < -0.4 is 4.74 Å². The molecule has 1 aromatic carbocycles. The zero-order valence-corrected chi connectivity index (χ0v) is 8.90. The lowest BCUT2D eigenvalue weighted by Crippen LogP contribution is -2.10. The standard InChI is InChI=1S/C12H15FO2/c1-4-8(2)15-12-7-10(13)5-6-11(12)9(3)14/h4-9,14H,1H2,2-3H3. The Bertz CT molecular complexity index is 347. The van der Waals surface area contributed by atoms with Gasteiger partial charge in [-0.15, -0.1) is 0 Å². The number of halogens is 1. The van der Waals surface area contributed by atoms with E-state index < -0.39 is 6.10 Å². The molecule has 0 aromatic heterocycles.